The van der Waals surface area contributed by atoms with E-state index in [9.17, 15) is 4.39 Å². The second-order valence-corrected chi connectivity index (χ2v) is 4.34. The summed E-state index contributed by atoms with van der Waals surface area (Å²) in [6.45, 7) is 1.48. The molecule has 0 unspecified atom stereocenters. The number of fused-ring (bicyclic) bond motifs is 1. The first-order chi connectivity index (χ1) is 8.25. The van der Waals surface area contributed by atoms with Gasteiger partial charge in [-0.15, -0.1) is 0 Å². The van der Waals surface area contributed by atoms with Gasteiger partial charge in [0.15, 0.2) is 0 Å². The molecule has 2 aromatic heterocycles. The number of ether oxygens (including phenoxy) is 1. The molecule has 0 amide bonds. The Morgan fingerprint density at radius 3 is 2.88 bits per heavy atom. The first kappa shape index (κ1) is 10.5. The van der Waals surface area contributed by atoms with Gasteiger partial charge in [-0.25, -0.2) is 9.37 Å². The molecule has 1 fully saturated rings. The molecular formula is C12H14FN3O. The lowest BCUT2D eigenvalue weighted by molar-refractivity contribution is 0.0847. The van der Waals surface area contributed by atoms with Crippen LogP contribution in [0.4, 0.5) is 10.2 Å². The van der Waals surface area contributed by atoms with Crippen LogP contribution < -0.4 is 5.73 Å². The SMILES string of the molecule is Nc1c(C2CCOCC2)nc2ccc(F)cn12. The van der Waals surface area contributed by atoms with Crippen molar-refractivity contribution >= 4 is 11.5 Å². The fourth-order valence-electron chi connectivity index (χ4n) is 2.33. The van der Waals surface area contributed by atoms with E-state index >= 15 is 0 Å². The predicted octanol–water partition coefficient (Wildman–Crippen LogP) is 1.95. The molecule has 0 atom stereocenters. The number of imidazole rings is 1. The summed E-state index contributed by atoms with van der Waals surface area (Å²) in [6.07, 6.45) is 3.23. The van der Waals surface area contributed by atoms with Gasteiger partial charge in [-0.05, 0) is 25.0 Å². The van der Waals surface area contributed by atoms with Crippen molar-refractivity contribution in [2.75, 3.05) is 18.9 Å². The van der Waals surface area contributed by atoms with Crippen LogP contribution in [0.3, 0.4) is 0 Å². The molecule has 0 bridgehead atoms. The van der Waals surface area contributed by atoms with E-state index in [1.807, 2.05) is 0 Å². The van der Waals surface area contributed by atoms with Crippen LogP contribution in [-0.4, -0.2) is 22.6 Å². The summed E-state index contributed by atoms with van der Waals surface area (Å²) in [4.78, 5) is 4.49. The van der Waals surface area contributed by atoms with Gasteiger partial charge in [0.1, 0.15) is 17.3 Å². The maximum atomic E-state index is 13.1. The predicted molar refractivity (Wildman–Crippen MR) is 62.4 cm³/mol. The Morgan fingerprint density at radius 2 is 2.12 bits per heavy atom. The number of nitrogens with zero attached hydrogens (tertiary/aromatic N) is 2. The van der Waals surface area contributed by atoms with E-state index in [2.05, 4.69) is 4.98 Å². The fourth-order valence-corrected chi connectivity index (χ4v) is 2.33. The van der Waals surface area contributed by atoms with Crippen molar-refractivity contribution in [2.45, 2.75) is 18.8 Å². The fraction of sp³-hybridized carbons (Fsp3) is 0.417. The molecule has 3 heterocycles. The summed E-state index contributed by atoms with van der Waals surface area (Å²) in [5, 5.41) is 0. The third-order valence-corrected chi connectivity index (χ3v) is 3.26. The third-order valence-electron chi connectivity index (χ3n) is 3.26. The molecule has 2 aromatic rings. The summed E-state index contributed by atoms with van der Waals surface area (Å²) < 4.78 is 20.1. The van der Waals surface area contributed by atoms with Crippen LogP contribution in [0.2, 0.25) is 0 Å². The summed E-state index contributed by atoms with van der Waals surface area (Å²) >= 11 is 0. The van der Waals surface area contributed by atoms with Crippen LogP contribution in [0.25, 0.3) is 5.65 Å². The molecule has 0 aliphatic carbocycles. The highest BCUT2D eigenvalue weighted by Gasteiger charge is 2.22. The van der Waals surface area contributed by atoms with Gasteiger partial charge < -0.3 is 10.5 Å². The first-order valence-electron chi connectivity index (χ1n) is 5.76. The van der Waals surface area contributed by atoms with Crippen LogP contribution in [0, 0.1) is 5.82 Å². The number of pyridine rings is 1. The Kier molecular flexibility index (Phi) is 2.48. The highest BCUT2D eigenvalue weighted by atomic mass is 19.1. The molecule has 3 rings (SSSR count). The van der Waals surface area contributed by atoms with Crippen molar-refractivity contribution in [3.05, 3.63) is 29.8 Å². The van der Waals surface area contributed by atoms with Gasteiger partial charge >= 0.3 is 0 Å². The summed E-state index contributed by atoms with van der Waals surface area (Å²) in [7, 11) is 0. The van der Waals surface area contributed by atoms with Gasteiger partial charge in [-0.1, -0.05) is 0 Å². The molecular weight excluding hydrogens is 221 g/mol. The molecule has 0 saturated carbocycles. The van der Waals surface area contributed by atoms with Crippen molar-refractivity contribution in [3.63, 3.8) is 0 Å². The Morgan fingerprint density at radius 1 is 1.35 bits per heavy atom. The summed E-state index contributed by atoms with van der Waals surface area (Å²) in [6, 6.07) is 3.05. The number of anilines is 1. The van der Waals surface area contributed by atoms with Crippen molar-refractivity contribution < 1.29 is 9.13 Å². The monoisotopic (exact) mass is 235 g/mol. The highest BCUT2D eigenvalue weighted by Crippen LogP contribution is 2.30. The topological polar surface area (TPSA) is 52.5 Å². The van der Waals surface area contributed by atoms with Crippen molar-refractivity contribution in [2.24, 2.45) is 0 Å². The van der Waals surface area contributed by atoms with Gasteiger partial charge in [0.2, 0.25) is 0 Å². The molecule has 1 saturated heterocycles. The molecule has 4 nitrogen and oxygen atoms in total. The van der Waals surface area contributed by atoms with Gasteiger partial charge in [0, 0.05) is 25.3 Å². The molecule has 0 aromatic carbocycles. The minimum absolute atomic E-state index is 0.305. The molecule has 5 heteroatoms. The average Bonchev–Trinajstić information content (AvgIpc) is 2.68. The standard InChI is InChI=1S/C12H14FN3O/c13-9-1-2-10-15-11(12(14)16(10)7-9)8-3-5-17-6-4-8/h1-2,7-8H,3-6,14H2. The first-order valence-corrected chi connectivity index (χ1v) is 5.76. The molecule has 1 aliphatic heterocycles. The van der Waals surface area contributed by atoms with Crippen LogP contribution in [-0.2, 0) is 4.74 Å². The van der Waals surface area contributed by atoms with E-state index in [4.69, 9.17) is 10.5 Å². The lowest BCUT2D eigenvalue weighted by atomic mass is 9.96. The number of aromatic nitrogens is 2. The van der Waals surface area contributed by atoms with E-state index in [1.54, 1.807) is 10.5 Å². The number of rotatable bonds is 1. The van der Waals surface area contributed by atoms with Crippen molar-refractivity contribution in [1.82, 2.24) is 9.38 Å². The number of hydrogen-bond donors (Lipinski definition) is 1. The van der Waals surface area contributed by atoms with E-state index in [0.717, 1.165) is 31.7 Å². The quantitative estimate of drug-likeness (QED) is 0.822. The molecule has 0 radical (unpaired) electrons. The second-order valence-electron chi connectivity index (χ2n) is 4.34. The Labute approximate surface area is 98.2 Å². The normalized spacial score (nSPS) is 17.7. The zero-order chi connectivity index (χ0) is 11.8. The van der Waals surface area contributed by atoms with E-state index in [1.165, 1.54) is 12.3 Å². The molecule has 0 spiro atoms. The minimum Gasteiger partial charge on any atom is -0.383 e. The Balaban J connectivity index is 2.07. The van der Waals surface area contributed by atoms with Gasteiger partial charge in [0.05, 0.1) is 5.69 Å². The minimum atomic E-state index is -0.305. The number of hydrogen-bond acceptors (Lipinski definition) is 3. The van der Waals surface area contributed by atoms with Crippen LogP contribution in [0.1, 0.15) is 24.5 Å². The number of halogens is 1. The maximum absolute atomic E-state index is 13.1. The largest absolute Gasteiger partial charge is 0.383 e. The third kappa shape index (κ3) is 1.76. The Hall–Kier alpha value is -1.62. The molecule has 90 valence electrons. The Bertz CT molecular complexity index is 546. The average molecular weight is 235 g/mol. The zero-order valence-corrected chi connectivity index (χ0v) is 9.40. The second kappa shape index (κ2) is 4.00. The van der Waals surface area contributed by atoms with Gasteiger partial charge in [-0.3, -0.25) is 4.40 Å². The van der Waals surface area contributed by atoms with E-state index in [-0.39, 0.29) is 5.82 Å². The lowest BCUT2D eigenvalue weighted by Crippen LogP contribution is -2.15. The summed E-state index contributed by atoms with van der Waals surface area (Å²) in [5.74, 6) is 0.568. The van der Waals surface area contributed by atoms with E-state index in [0.29, 0.717) is 17.4 Å². The van der Waals surface area contributed by atoms with E-state index < -0.39 is 0 Å². The lowest BCUT2D eigenvalue weighted by Gasteiger charge is -2.20. The molecule has 17 heavy (non-hydrogen) atoms. The van der Waals surface area contributed by atoms with Gasteiger partial charge in [-0.2, -0.15) is 0 Å². The zero-order valence-electron chi connectivity index (χ0n) is 9.40. The van der Waals surface area contributed by atoms with Crippen LogP contribution in [0.5, 0.6) is 0 Å². The highest BCUT2D eigenvalue weighted by molar-refractivity contribution is 5.53. The van der Waals surface area contributed by atoms with Crippen molar-refractivity contribution in [3.8, 4) is 0 Å². The number of nitrogens with two attached hydrogens (primary N) is 1. The smallest absolute Gasteiger partial charge is 0.140 e. The maximum Gasteiger partial charge on any atom is 0.140 e. The van der Waals surface area contributed by atoms with Crippen LogP contribution >= 0.6 is 0 Å². The summed E-state index contributed by atoms with van der Waals surface area (Å²) in [5.41, 5.74) is 7.61. The van der Waals surface area contributed by atoms with Crippen molar-refractivity contribution in [1.29, 1.82) is 0 Å². The number of nitrogen functional groups attached to an aromatic ring is 1. The molecule has 2 N–H and O–H groups in total. The van der Waals surface area contributed by atoms with Gasteiger partial charge in [0.25, 0.3) is 0 Å². The van der Waals surface area contributed by atoms with Crippen LogP contribution in [0.15, 0.2) is 18.3 Å². The molecule has 1 aliphatic rings.